The topological polar surface area (TPSA) is 22.8 Å². The third-order valence-corrected chi connectivity index (χ3v) is 10.0. The second kappa shape index (κ2) is 9.90. The Kier molecular flexibility index (Phi) is 5.49. The quantitative estimate of drug-likeness (QED) is 0.197. The molecular formula is C44H29N3. The first-order chi connectivity index (χ1) is 23.4. The van der Waals surface area contributed by atoms with E-state index >= 15 is 0 Å². The van der Waals surface area contributed by atoms with Crippen LogP contribution in [0.4, 0.5) is 0 Å². The molecule has 0 fully saturated rings. The van der Waals surface area contributed by atoms with E-state index < -0.39 is 5.41 Å². The van der Waals surface area contributed by atoms with E-state index in [1.807, 2.05) is 0 Å². The third-order valence-electron chi connectivity index (χ3n) is 10.0. The summed E-state index contributed by atoms with van der Waals surface area (Å²) < 4.78 is 4.73. The van der Waals surface area contributed by atoms with Crippen LogP contribution >= 0.6 is 0 Å². The number of hydrogen-bond donors (Lipinski definition) is 0. The SMILES string of the molecule is c1ccc(C2(c3ccccc3)c3ccccc3-c3c2n(-c2cccc(-n4c5ccccc5c5ccccc54)n2)c2ccccc32)cc1. The van der Waals surface area contributed by atoms with Gasteiger partial charge in [0.2, 0.25) is 0 Å². The van der Waals surface area contributed by atoms with E-state index in [1.165, 1.54) is 49.7 Å². The van der Waals surface area contributed by atoms with Crippen LogP contribution in [0.5, 0.6) is 0 Å². The Bertz CT molecular complexity index is 2530. The fourth-order valence-electron chi connectivity index (χ4n) is 8.22. The molecule has 3 aromatic heterocycles. The fourth-order valence-corrected chi connectivity index (χ4v) is 8.22. The summed E-state index contributed by atoms with van der Waals surface area (Å²) in [6, 6.07) is 63.4. The first-order valence-electron chi connectivity index (χ1n) is 16.2. The summed E-state index contributed by atoms with van der Waals surface area (Å²) >= 11 is 0. The molecule has 0 aliphatic heterocycles. The zero-order valence-corrected chi connectivity index (χ0v) is 25.6. The van der Waals surface area contributed by atoms with E-state index in [0.29, 0.717) is 0 Å². The predicted octanol–water partition coefficient (Wildman–Crippen LogP) is 10.5. The van der Waals surface area contributed by atoms with Gasteiger partial charge in [0, 0.05) is 21.7 Å². The molecule has 0 radical (unpaired) electrons. The summed E-state index contributed by atoms with van der Waals surface area (Å²) in [5, 5.41) is 3.68. The standard InChI is InChI=1S/C44H29N3/c1-3-16-30(17-4-1)44(31-18-5-2-6-19-31)36-24-11-7-22-34(36)42-35-23-10-14-27-39(35)47(43(42)44)41-29-15-28-40(45-41)46-37-25-12-8-20-32(37)33-21-9-13-26-38(33)46/h1-29H. The highest BCUT2D eigenvalue weighted by atomic mass is 15.1. The van der Waals surface area contributed by atoms with Crippen molar-refractivity contribution in [3.8, 4) is 22.8 Å². The Balaban J connectivity index is 1.35. The van der Waals surface area contributed by atoms with Gasteiger partial charge in [-0.15, -0.1) is 0 Å². The molecule has 0 N–H and O–H groups in total. The van der Waals surface area contributed by atoms with Gasteiger partial charge in [0.1, 0.15) is 11.6 Å². The molecule has 3 heterocycles. The van der Waals surface area contributed by atoms with Gasteiger partial charge in [-0.05, 0) is 52.6 Å². The molecule has 9 aromatic rings. The van der Waals surface area contributed by atoms with Crippen LogP contribution in [-0.4, -0.2) is 14.1 Å². The van der Waals surface area contributed by atoms with E-state index in [9.17, 15) is 0 Å². The van der Waals surface area contributed by atoms with Gasteiger partial charge in [0.25, 0.3) is 0 Å². The highest BCUT2D eigenvalue weighted by molar-refractivity contribution is 6.09. The van der Waals surface area contributed by atoms with Crippen molar-refractivity contribution in [2.75, 3.05) is 0 Å². The number of pyridine rings is 1. The molecule has 0 saturated carbocycles. The van der Waals surface area contributed by atoms with Gasteiger partial charge < -0.3 is 0 Å². The zero-order chi connectivity index (χ0) is 31.0. The summed E-state index contributed by atoms with van der Waals surface area (Å²) in [6.07, 6.45) is 0. The number of fused-ring (bicyclic) bond motifs is 8. The Morgan fingerprint density at radius 1 is 0.383 bits per heavy atom. The summed E-state index contributed by atoms with van der Waals surface area (Å²) in [5.74, 6) is 1.79. The van der Waals surface area contributed by atoms with Crippen LogP contribution in [0.1, 0.15) is 22.4 Å². The summed E-state index contributed by atoms with van der Waals surface area (Å²) in [6.45, 7) is 0. The molecule has 1 aliphatic rings. The van der Waals surface area contributed by atoms with Crippen LogP contribution in [0, 0.1) is 0 Å². The third kappa shape index (κ3) is 3.48. The lowest BCUT2D eigenvalue weighted by molar-refractivity contribution is 0.713. The smallest absolute Gasteiger partial charge is 0.140 e. The van der Waals surface area contributed by atoms with Crippen LogP contribution in [0.2, 0.25) is 0 Å². The van der Waals surface area contributed by atoms with Crippen molar-refractivity contribution in [3.63, 3.8) is 0 Å². The Hall–Kier alpha value is -6.19. The van der Waals surface area contributed by atoms with Crippen molar-refractivity contribution in [3.05, 3.63) is 198 Å². The molecule has 0 saturated heterocycles. The van der Waals surface area contributed by atoms with E-state index in [1.54, 1.807) is 0 Å². The number of rotatable bonds is 4. The monoisotopic (exact) mass is 599 g/mol. The van der Waals surface area contributed by atoms with Gasteiger partial charge >= 0.3 is 0 Å². The van der Waals surface area contributed by atoms with Gasteiger partial charge in [-0.3, -0.25) is 9.13 Å². The molecule has 220 valence electrons. The van der Waals surface area contributed by atoms with Gasteiger partial charge in [-0.1, -0.05) is 146 Å². The van der Waals surface area contributed by atoms with E-state index in [0.717, 1.165) is 28.2 Å². The maximum absolute atomic E-state index is 5.53. The number of benzene rings is 6. The lowest BCUT2D eigenvalue weighted by Gasteiger charge is -2.34. The largest absolute Gasteiger partial charge is 0.296 e. The van der Waals surface area contributed by atoms with Crippen LogP contribution < -0.4 is 0 Å². The van der Waals surface area contributed by atoms with Gasteiger partial charge in [0.15, 0.2) is 0 Å². The minimum Gasteiger partial charge on any atom is -0.296 e. The molecule has 10 rings (SSSR count). The van der Waals surface area contributed by atoms with Crippen LogP contribution in [0.15, 0.2) is 176 Å². The van der Waals surface area contributed by atoms with Gasteiger partial charge in [-0.25, -0.2) is 4.98 Å². The number of para-hydroxylation sites is 3. The lowest BCUT2D eigenvalue weighted by atomic mass is 9.69. The average molecular weight is 600 g/mol. The molecule has 3 nitrogen and oxygen atoms in total. The summed E-state index contributed by atoms with van der Waals surface area (Å²) in [5.41, 5.74) is 10.4. The molecule has 3 heteroatoms. The minimum absolute atomic E-state index is 0.558. The van der Waals surface area contributed by atoms with Gasteiger partial charge in [-0.2, -0.15) is 0 Å². The number of hydrogen-bond acceptors (Lipinski definition) is 1. The first-order valence-corrected chi connectivity index (χ1v) is 16.2. The Labute approximate surface area is 272 Å². The molecule has 0 amide bonds. The second-order valence-corrected chi connectivity index (χ2v) is 12.3. The normalized spacial score (nSPS) is 13.3. The van der Waals surface area contributed by atoms with Crippen LogP contribution in [0.3, 0.4) is 0 Å². The first kappa shape index (κ1) is 26.1. The maximum Gasteiger partial charge on any atom is 0.140 e. The molecule has 0 atom stereocenters. The van der Waals surface area contributed by atoms with E-state index in [4.69, 9.17) is 4.98 Å². The van der Waals surface area contributed by atoms with Crippen molar-refractivity contribution in [2.45, 2.75) is 5.41 Å². The highest BCUT2D eigenvalue weighted by Crippen LogP contribution is 2.59. The number of aromatic nitrogens is 3. The molecule has 0 bridgehead atoms. The van der Waals surface area contributed by atoms with Crippen LogP contribution in [-0.2, 0) is 5.41 Å². The van der Waals surface area contributed by atoms with Crippen molar-refractivity contribution < 1.29 is 0 Å². The number of nitrogens with zero attached hydrogens (tertiary/aromatic N) is 3. The molecule has 1 aliphatic carbocycles. The van der Waals surface area contributed by atoms with E-state index in [-0.39, 0.29) is 0 Å². The summed E-state index contributed by atoms with van der Waals surface area (Å²) in [4.78, 5) is 5.53. The molecule has 47 heavy (non-hydrogen) atoms. The summed E-state index contributed by atoms with van der Waals surface area (Å²) in [7, 11) is 0. The van der Waals surface area contributed by atoms with Gasteiger partial charge in [0.05, 0.1) is 27.7 Å². The van der Waals surface area contributed by atoms with Crippen molar-refractivity contribution in [2.24, 2.45) is 0 Å². The molecule has 0 spiro atoms. The maximum atomic E-state index is 5.53. The second-order valence-electron chi connectivity index (χ2n) is 12.3. The fraction of sp³-hybridized carbons (Fsp3) is 0.0227. The van der Waals surface area contributed by atoms with Crippen molar-refractivity contribution >= 4 is 32.7 Å². The Morgan fingerprint density at radius 3 is 1.47 bits per heavy atom. The molecule has 6 aromatic carbocycles. The predicted molar refractivity (Wildman–Crippen MR) is 193 cm³/mol. The zero-order valence-electron chi connectivity index (χ0n) is 25.6. The Morgan fingerprint density at radius 2 is 0.851 bits per heavy atom. The average Bonchev–Trinajstić information content (AvgIpc) is 3.77. The van der Waals surface area contributed by atoms with Crippen molar-refractivity contribution in [1.82, 2.24) is 14.1 Å². The van der Waals surface area contributed by atoms with Crippen LogP contribution in [0.25, 0.3) is 55.5 Å². The molecular weight excluding hydrogens is 571 g/mol. The van der Waals surface area contributed by atoms with Crippen molar-refractivity contribution in [1.29, 1.82) is 0 Å². The molecule has 0 unspecified atom stereocenters. The van der Waals surface area contributed by atoms with E-state index in [2.05, 4.69) is 185 Å². The minimum atomic E-state index is -0.558. The lowest BCUT2D eigenvalue weighted by Crippen LogP contribution is -2.31. The highest BCUT2D eigenvalue weighted by Gasteiger charge is 2.50.